The van der Waals surface area contributed by atoms with Crippen LogP contribution in [0.25, 0.3) is 11.5 Å². The second kappa shape index (κ2) is 4.90. The standard InChI is InChI=1S/C13H15N3O3S/c1-14-11-5-3-2-4-10(11)13-15-12(16-19-13)9-6-7-20(17,18)8-9/h2-5,9,14H,6-8H2,1H3. The molecular weight excluding hydrogens is 278 g/mol. The Bertz CT molecular complexity index is 724. The number of hydrogen-bond donors (Lipinski definition) is 1. The molecule has 1 aromatic carbocycles. The Morgan fingerprint density at radius 3 is 2.85 bits per heavy atom. The molecule has 3 rings (SSSR count). The van der Waals surface area contributed by atoms with Crippen LogP contribution in [-0.2, 0) is 9.84 Å². The third-order valence-electron chi connectivity index (χ3n) is 3.47. The summed E-state index contributed by atoms with van der Waals surface area (Å²) >= 11 is 0. The van der Waals surface area contributed by atoms with E-state index >= 15 is 0 Å². The highest BCUT2D eigenvalue weighted by molar-refractivity contribution is 7.91. The van der Waals surface area contributed by atoms with Gasteiger partial charge >= 0.3 is 0 Å². The molecule has 106 valence electrons. The molecule has 2 heterocycles. The van der Waals surface area contributed by atoms with E-state index in [9.17, 15) is 8.42 Å². The van der Waals surface area contributed by atoms with Crippen LogP contribution in [0.4, 0.5) is 5.69 Å². The average Bonchev–Trinajstić information content (AvgIpc) is 3.05. The average molecular weight is 293 g/mol. The van der Waals surface area contributed by atoms with Crippen molar-refractivity contribution in [3.8, 4) is 11.5 Å². The van der Waals surface area contributed by atoms with Crippen molar-refractivity contribution in [3.63, 3.8) is 0 Å². The molecule has 0 bridgehead atoms. The van der Waals surface area contributed by atoms with E-state index in [1.807, 2.05) is 31.3 Å². The number of para-hydroxylation sites is 1. The molecule has 0 aliphatic carbocycles. The SMILES string of the molecule is CNc1ccccc1-c1nc(C2CCS(=O)(=O)C2)no1. The second-order valence-corrected chi connectivity index (χ2v) is 7.08. The maximum absolute atomic E-state index is 11.5. The summed E-state index contributed by atoms with van der Waals surface area (Å²) in [4.78, 5) is 4.35. The Balaban J connectivity index is 1.91. The van der Waals surface area contributed by atoms with Crippen molar-refractivity contribution >= 4 is 15.5 Å². The molecule has 1 N–H and O–H groups in total. The molecule has 1 atom stereocenters. The first kappa shape index (κ1) is 13.1. The number of nitrogens with one attached hydrogen (secondary N) is 1. The van der Waals surface area contributed by atoms with Gasteiger partial charge in [0.25, 0.3) is 5.89 Å². The zero-order valence-electron chi connectivity index (χ0n) is 11.0. The van der Waals surface area contributed by atoms with Crippen LogP contribution in [0.3, 0.4) is 0 Å². The summed E-state index contributed by atoms with van der Waals surface area (Å²) in [5, 5.41) is 7.00. The fourth-order valence-corrected chi connectivity index (χ4v) is 4.14. The third-order valence-corrected chi connectivity index (χ3v) is 5.23. The molecule has 1 saturated heterocycles. The third kappa shape index (κ3) is 2.40. The number of benzene rings is 1. The molecule has 1 aliphatic rings. The minimum Gasteiger partial charge on any atom is -0.387 e. The Kier molecular flexibility index (Phi) is 3.21. The van der Waals surface area contributed by atoms with Crippen LogP contribution >= 0.6 is 0 Å². The number of aromatic nitrogens is 2. The quantitative estimate of drug-likeness (QED) is 0.926. The van der Waals surface area contributed by atoms with Crippen molar-refractivity contribution in [2.45, 2.75) is 12.3 Å². The lowest BCUT2D eigenvalue weighted by atomic mass is 10.1. The van der Waals surface area contributed by atoms with Crippen LogP contribution in [0, 0.1) is 0 Å². The first-order chi connectivity index (χ1) is 9.59. The molecule has 1 aromatic heterocycles. The first-order valence-electron chi connectivity index (χ1n) is 6.40. The molecular formula is C13H15N3O3S. The van der Waals surface area contributed by atoms with Crippen molar-refractivity contribution in [1.29, 1.82) is 0 Å². The number of hydrogen-bond acceptors (Lipinski definition) is 6. The molecule has 1 aliphatic heterocycles. The summed E-state index contributed by atoms with van der Waals surface area (Å²) < 4.78 is 28.3. The van der Waals surface area contributed by atoms with Gasteiger partial charge in [0.15, 0.2) is 15.7 Å². The van der Waals surface area contributed by atoms with E-state index < -0.39 is 9.84 Å². The fourth-order valence-electron chi connectivity index (χ4n) is 2.40. The molecule has 7 heteroatoms. The van der Waals surface area contributed by atoms with E-state index in [-0.39, 0.29) is 17.4 Å². The van der Waals surface area contributed by atoms with Gasteiger partial charge in [-0.15, -0.1) is 0 Å². The summed E-state index contributed by atoms with van der Waals surface area (Å²) in [6.07, 6.45) is 0.564. The number of anilines is 1. The van der Waals surface area contributed by atoms with Crippen LogP contribution in [0.1, 0.15) is 18.2 Å². The van der Waals surface area contributed by atoms with E-state index in [1.165, 1.54) is 0 Å². The van der Waals surface area contributed by atoms with Crippen LogP contribution in [0.15, 0.2) is 28.8 Å². The lowest BCUT2D eigenvalue weighted by Crippen LogP contribution is -2.05. The maximum Gasteiger partial charge on any atom is 0.260 e. The van der Waals surface area contributed by atoms with E-state index in [4.69, 9.17) is 4.52 Å². The number of nitrogens with zero attached hydrogens (tertiary/aromatic N) is 2. The van der Waals surface area contributed by atoms with Gasteiger partial charge in [-0.25, -0.2) is 8.42 Å². The van der Waals surface area contributed by atoms with Gasteiger partial charge in [-0.05, 0) is 18.6 Å². The van der Waals surface area contributed by atoms with Crippen LogP contribution < -0.4 is 5.32 Å². The monoisotopic (exact) mass is 293 g/mol. The summed E-state index contributed by atoms with van der Waals surface area (Å²) in [5.41, 5.74) is 1.70. The van der Waals surface area contributed by atoms with E-state index in [0.29, 0.717) is 18.1 Å². The molecule has 6 nitrogen and oxygen atoms in total. The van der Waals surface area contributed by atoms with Gasteiger partial charge in [-0.3, -0.25) is 0 Å². The molecule has 0 radical (unpaired) electrons. The first-order valence-corrected chi connectivity index (χ1v) is 8.22. The van der Waals surface area contributed by atoms with Crippen LogP contribution in [0.5, 0.6) is 0 Å². The number of rotatable bonds is 3. The summed E-state index contributed by atoms with van der Waals surface area (Å²) in [5.74, 6) is 1.05. The zero-order valence-corrected chi connectivity index (χ0v) is 11.9. The van der Waals surface area contributed by atoms with Gasteiger partial charge in [0.1, 0.15) is 0 Å². The highest BCUT2D eigenvalue weighted by Crippen LogP contribution is 2.30. The van der Waals surface area contributed by atoms with Gasteiger partial charge in [-0.1, -0.05) is 17.3 Å². The Morgan fingerprint density at radius 1 is 1.35 bits per heavy atom. The van der Waals surface area contributed by atoms with E-state index in [1.54, 1.807) is 0 Å². The van der Waals surface area contributed by atoms with Crippen molar-refractivity contribution in [2.24, 2.45) is 0 Å². The number of sulfone groups is 1. The second-order valence-electron chi connectivity index (χ2n) is 4.85. The summed E-state index contributed by atoms with van der Waals surface area (Å²) in [6, 6.07) is 7.60. The van der Waals surface area contributed by atoms with Gasteiger partial charge in [0.2, 0.25) is 0 Å². The smallest absolute Gasteiger partial charge is 0.260 e. The van der Waals surface area contributed by atoms with Gasteiger partial charge in [0, 0.05) is 18.7 Å². The molecule has 0 amide bonds. The lowest BCUT2D eigenvalue weighted by molar-refractivity contribution is 0.418. The minimum atomic E-state index is -2.95. The topological polar surface area (TPSA) is 85.1 Å². The van der Waals surface area contributed by atoms with Crippen molar-refractivity contribution in [3.05, 3.63) is 30.1 Å². The predicted molar refractivity (Wildman–Crippen MR) is 75.3 cm³/mol. The Hall–Kier alpha value is -1.89. The van der Waals surface area contributed by atoms with Crippen LogP contribution in [-0.4, -0.2) is 37.1 Å². The normalized spacial score (nSPS) is 20.9. The lowest BCUT2D eigenvalue weighted by Gasteiger charge is -2.03. The van der Waals surface area contributed by atoms with Crippen molar-refractivity contribution in [2.75, 3.05) is 23.9 Å². The molecule has 1 unspecified atom stereocenters. The fraction of sp³-hybridized carbons (Fsp3) is 0.385. The van der Waals surface area contributed by atoms with Gasteiger partial charge in [0.05, 0.1) is 17.1 Å². The molecule has 1 fully saturated rings. The van der Waals surface area contributed by atoms with Gasteiger partial charge < -0.3 is 9.84 Å². The van der Waals surface area contributed by atoms with Crippen molar-refractivity contribution < 1.29 is 12.9 Å². The highest BCUT2D eigenvalue weighted by atomic mass is 32.2. The van der Waals surface area contributed by atoms with E-state index in [0.717, 1.165) is 11.3 Å². The van der Waals surface area contributed by atoms with Gasteiger partial charge in [-0.2, -0.15) is 4.98 Å². The highest BCUT2D eigenvalue weighted by Gasteiger charge is 2.32. The van der Waals surface area contributed by atoms with Crippen molar-refractivity contribution in [1.82, 2.24) is 10.1 Å². The maximum atomic E-state index is 11.5. The molecule has 0 spiro atoms. The summed E-state index contributed by atoms with van der Waals surface area (Å²) in [6.45, 7) is 0. The zero-order chi connectivity index (χ0) is 14.2. The van der Waals surface area contributed by atoms with Crippen LogP contribution in [0.2, 0.25) is 0 Å². The predicted octanol–water partition coefficient (Wildman–Crippen LogP) is 1.68. The minimum absolute atomic E-state index is 0.111. The molecule has 2 aromatic rings. The Labute approximate surface area is 117 Å². The largest absolute Gasteiger partial charge is 0.387 e. The van der Waals surface area contributed by atoms with E-state index in [2.05, 4.69) is 15.5 Å². The molecule has 20 heavy (non-hydrogen) atoms. The summed E-state index contributed by atoms with van der Waals surface area (Å²) in [7, 11) is -1.13. The Morgan fingerprint density at radius 2 is 2.15 bits per heavy atom. The molecule has 0 saturated carbocycles.